The highest BCUT2D eigenvalue weighted by atomic mass is 16.5. The number of likely N-dealkylation sites (N-methyl/N-ethyl adjacent to an activating group) is 1. The molecule has 1 atom stereocenters. The molecule has 1 unspecified atom stereocenters. The summed E-state index contributed by atoms with van der Waals surface area (Å²) in [6, 6.07) is 11.5. The Morgan fingerprint density at radius 3 is 2.66 bits per heavy atom. The Labute approximate surface area is 177 Å². The third-order valence-electron chi connectivity index (χ3n) is 5.64. The van der Waals surface area contributed by atoms with Gasteiger partial charge in [-0.25, -0.2) is 0 Å². The maximum Gasteiger partial charge on any atom is 0.191 e. The number of hydrogen-bond acceptors (Lipinski definition) is 4. The molecule has 1 aliphatic heterocycles. The van der Waals surface area contributed by atoms with Gasteiger partial charge < -0.3 is 20.3 Å². The van der Waals surface area contributed by atoms with Gasteiger partial charge in [-0.1, -0.05) is 30.3 Å². The second-order valence-corrected chi connectivity index (χ2v) is 8.08. The highest BCUT2D eigenvalue weighted by molar-refractivity contribution is 5.80. The number of hydrogen-bond donors (Lipinski definition) is 2. The number of nitrogens with zero attached hydrogens (tertiary/aromatic N) is 3. The first-order chi connectivity index (χ1) is 14.1. The first kappa shape index (κ1) is 23.6. The summed E-state index contributed by atoms with van der Waals surface area (Å²) < 4.78 is 5.16. The molecule has 1 heterocycles. The molecule has 0 spiro atoms. The molecule has 6 nitrogen and oxygen atoms in total. The SMILES string of the molecule is CCNC(=NCC(C)N(C)Cc1ccccc1)NC1CCN(CCCOC)CC1. The monoisotopic (exact) mass is 403 g/mol. The molecule has 6 heteroatoms. The number of rotatable bonds is 11. The summed E-state index contributed by atoms with van der Waals surface area (Å²) in [6.07, 6.45) is 3.45. The molecule has 2 rings (SSSR count). The number of aliphatic imine (C=N–C) groups is 1. The summed E-state index contributed by atoms with van der Waals surface area (Å²) >= 11 is 0. The van der Waals surface area contributed by atoms with Gasteiger partial charge in [0.15, 0.2) is 5.96 Å². The lowest BCUT2D eigenvalue weighted by atomic mass is 10.1. The van der Waals surface area contributed by atoms with E-state index in [9.17, 15) is 0 Å². The van der Waals surface area contributed by atoms with Crippen LogP contribution in [0.15, 0.2) is 35.3 Å². The molecular formula is C23H41N5O. The van der Waals surface area contributed by atoms with Crippen LogP contribution in [0.3, 0.4) is 0 Å². The van der Waals surface area contributed by atoms with Crippen molar-refractivity contribution in [2.24, 2.45) is 4.99 Å². The maximum atomic E-state index is 5.16. The molecule has 1 aromatic carbocycles. The van der Waals surface area contributed by atoms with Crippen molar-refractivity contribution in [1.29, 1.82) is 0 Å². The van der Waals surface area contributed by atoms with E-state index >= 15 is 0 Å². The second kappa shape index (κ2) is 13.6. The van der Waals surface area contributed by atoms with E-state index in [2.05, 4.69) is 71.7 Å². The molecule has 0 saturated carbocycles. The average molecular weight is 404 g/mol. The van der Waals surface area contributed by atoms with E-state index in [0.29, 0.717) is 12.1 Å². The smallest absolute Gasteiger partial charge is 0.191 e. The average Bonchev–Trinajstić information content (AvgIpc) is 2.74. The highest BCUT2D eigenvalue weighted by Gasteiger charge is 2.19. The van der Waals surface area contributed by atoms with Crippen LogP contribution >= 0.6 is 0 Å². The van der Waals surface area contributed by atoms with Crippen molar-refractivity contribution in [1.82, 2.24) is 20.4 Å². The first-order valence-corrected chi connectivity index (χ1v) is 11.1. The van der Waals surface area contributed by atoms with Crippen LogP contribution in [0.2, 0.25) is 0 Å². The fourth-order valence-corrected chi connectivity index (χ4v) is 3.64. The first-order valence-electron chi connectivity index (χ1n) is 11.1. The molecule has 1 fully saturated rings. The quantitative estimate of drug-likeness (QED) is 0.338. The van der Waals surface area contributed by atoms with Gasteiger partial charge in [0.1, 0.15) is 0 Å². The Balaban J connectivity index is 1.77. The number of nitrogens with one attached hydrogen (secondary N) is 2. The van der Waals surface area contributed by atoms with Crippen molar-refractivity contribution < 1.29 is 4.74 Å². The summed E-state index contributed by atoms with van der Waals surface area (Å²) in [4.78, 5) is 9.78. The molecule has 0 aliphatic carbocycles. The number of likely N-dealkylation sites (tertiary alicyclic amines) is 1. The van der Waals surface area contributed by atoms with Gasteiger partial charge >= 0.3 is 0 Å². The second-order valence-electron chi connectivity index (χ2n) is 8.08. The molecule has 1 saturated heterocycles. The lowest BCUT2D eigenvalue weighted by molar-refractivity contribution is 0.155. The standard InChI is InChI=1S/C23H41N5O/c1-5-24-23(26-22-12-15-28(16-13-22)14-9-17-29-4)25-18-20(2)27(3)19-21-10-7-6-8-11-21/h6-8,10-11,20,22H,5,9,12-19H2,1-4H3,(H2,24,25,26). The minimum absolute atomic E-state index is 0.383. The van der Waals surface area contributed by atoms with Crippen LogP contribution in [0.5, 0.6) is 0 Å². The Bertz CT molecular complexity index is 572. The molecule has 2 N–H and O–H groups in total. The molecular weight excluding hydrogens is 362 g/mol. The Morgan fingerprint density at radius 1 is 1.28 bits per heavy atom. The fourth-order valence-electron chi connectivity index (χ4n) is 3.64. The molecule has 164 valence electrons. The summed E-state index contributed by atoms with van der Waals surface area (Å²) in [5.41, 5.74) is 1.34. The van der Waals surface area contributed by atoms with Gasteiger partial charge in [0.2, 0.25) is 0 Å². The predicted octanol–water partition coefficient (Wildman–Crippen LogP) is 2.56. The van der Waals surface area contributed by atoms with E-state index in [4.69, 9.17) is 9.73 Å². The molecule has 0 radical (unpaired) electrons. The summed E-state index contributed by atoms with van der Waals surface area (Å²) in [5.74, 6) is 0.949. The van der Waals surface area contributed by atoms with Gasteiger partial charge in [-0.3, -0.25) is 9.89 Å². The summed E-state index contributed by atoms with van der Waals surface area (Å²) in [6.45, 7) is 11.3. The maximum absolute atomic E-state index is 5.16. The minimum Gasteiger partial charge on any atom is -0.385 e. The van der Waals surface area contributed by atoms with Gasteiger partial charge in [0.05, 0.1) is 6.54 Å². The largest absolute Gasteiger partial charge is 0.385 e. The van der Waals surface area contributed by atoms with Crippen molar-refractivity contribution in [2.45, 2.75) is 51.7 Å². The zero-order valence-electron chi connectivity index (χ0n) is 18.9. The zero-order valence-corrected chi connectivity index (χ0v) is 18.9. The van der Waals surface area contributed by atoms with E-state index in [1.54, 1.807) is 7.11 Å². The molecule has 1 aliphatic rings. The molecule has 0 bridgehead atoms. The van der Waals surface area contributed by atoms with Gasteiger partial charge in [0.25, 0.3) is 0 Å². The predicted molar refractivity (Wildman–Crippen MR) is 122 cm³/mol. The van der Waals surface area contributed by atoms with Crippen molar-refractivity contribution in [2.75, 3.05) is 53.5 Å². The zero-order chi connectivity index (χ0) is 20.9. The number of ether oxygens (including phenoxy) is 1. The number of benzene rings is 1. The van der Waals surface area contributed by atoms with Crippen LogP contribution in [0.25, 0.3) is 0 Å². The van der Waals surface area contributed by atoms with Crippen molar-refractivity contribution in [3.63, 3.8) is 0 Å². The van der Waals surface area contributed by atoms with Crippen molar-refractivity contribution in [3.05, 3.63) is 35.9 Å². The van der Waals surface area contributed by atoms with Gasteiger partial charge in [0, 0.05) is 58.5 Å². The van der Waals surface area contributed by atoms with Gasteiger partial charge in [-0.05, 0) is 45.7 Å². The third kappa shape index (κ3) is 9.15. The molecule has 0 amide bonds. The molecule has 29 heavy (non-hydrogen) atoms. The fraction of sp³-hybridized carbons (Fsp3) is 0.696. The normalized spacial score (nSPS) is 17.5. The van der Waals surface area contributed by atoms with E-state index < -0.39 is 0 Å². The Hall–Kier alpha value is -1.63. The topological polar surface area (TPSA) is 52.1 Å². The summed E-state index contributed by atoms with van der Waals surface area (Å²) in [7, 11) is 3.95. The minimum atomic E-state index is 0.383. The molecule has 0 aromatic heterocycles. The van der Waals surface area contributed by atoms with E-state index in [1.807, 2.05) is 0 Å². The lowest BCUT2D eigenvalue weighted by Crippen LogP contribution is -2.49. The Kier molecular flexibility index (Phi) is 11.1. The van der Waals surface area contributed by atoms with E-state index in [0.717, 1.165) is 58.3 Å². The van der Waals surface area contributed by atoms with Crippen LogP contribution in [-0.2, 0) is 11.3 Å². The number of guanidine groups is 1. The van der Waals surface area contributed by atoms with Crippen LogP contribution in [0.1, 0.15) is 38.7 Å². The van der Waals surface area contributed by atoms with Crippen LogP contribution < -0.4 is 10.6 Å². The number of methoxy groups -OCH3 is 1. The van der Waals surface area contributed by atoms with Crippen LogP contribution in [0, 0.1) is 0 Å². The Morgan fingerprint density at radius 2 is 2.00 bits per heavy atom. The van der Waals surface area contributed by atoms with Crippen molar-refractivity contribution >= 4 is 5.96 Å². The molecule has 1 aromatic rings. The van der Waals surface area contributed by atoms with E-state index in [1.165, 1.54) is 18.4 Å². The van der Waals surface area contributed by atoms with Gasteiger partial charge in [-0.2, -0.15) is 0 Å². The van der Waals surface area contributed by atoms with Crippen molar-refractivity contribution in [3.8, 4) is 0 Å². The van der Waals surface area contributed by atoms with E-state index in [-0.39, 0.29) is 0 Å². The van der Waals surface area contributed by atoms with Gasteiger partial charge in [-0.15, -0.1) is 0 Å². The van der Waals surface area contributed by atoms with Crippen LogP contribution in [-0.4, -0.2) is 81.3 Å². The summed E-state index contributed by atoms with van der Waals surface area (Å²) in [5, 5.41) is 7.07. The van der Waals surface area contributed by atoms with Crippen LogP contribution in [0.4, 0.5) is 0 Å². The number of piperidine rings is 1. The third-order valence-corrected chi connectivity index (χ3v) is 5.64. The lowest BCUT2D eigenvalue weighted by Gasteiger charge is -2.33. The highest BCUT2D eigenvalue weighted by Crippen LogP contribution is 2.11.